The van der Waals surface area contributed by atoms with Crippen molar-refractivity contribution >= 4 is 11.9 Å². The van der Waals surface area contributed by atoms with E-state index in [0.717, 1.165) is 12.8 Å². The van der Waals surface area contributed by atoms with Crippen molar-refractivity contribution in [3.8, 4) is 0 Å². The molecule has 1 unspecified atom stereocenters. The normalized spacial score (nSPS) is 17.3. The maximum atomic E-state index is 11.9. The molecule has 0 aromatic rings. The van der Waals surface area contributed by atoms with Gasteiger partial charge in [-0.15, -0.1) is 0 Å². The molecule has 0 spiro atoms. The summed E-state index contributed by atoms with van der Waals surface area (Å²) in [6, 6.07) is 0. The molecule has 0 bridgehead atoms. The summed E-state index contributed by atoms with van der Waals surface area (Å²) < 4.78 is 10.5. The predicted molar refractivity (Wildman–Crippen MR) is 67.5 cm³/mol. The summed E-state index contributed by atoms with van der Waals surface area (Å²) in [5.41, 5.74) is 0. The Morgan fingerprint density at radius 2 is 1.89 bits per heavy atom. The van der Waals surface area contributed by atoms with Gasteiger partial charge in [0.15, 0.2) is 11.9 Å². The fourth-order valence-corrected chi connectivity index (χ4v) is 1.90. The standard InChI is InChI=1S/C13H23NO4/c1-3-5-11(15)12(6-4-2)18-13(16)14-7-9-17-10-8-14/h12H,3-10H2,1-2H3. The van der Waals surface area contributed by atoms with E-state index in [1.54, 1.807) is 4.90 Å². The van der Waals surface area contributed by atoms with Crippen LogP contribution in [0, 0.1) is 0 Å². The number of ketones is 1. The molecular weight excluding hydrogens is 234 g/mol. The number of morpholine rings is 1. The maximum absolute atomic E-state index is 11.9. The van der Waals surface area contributed by atoms with Gasteiger partial charge in [-0.05, 0) is 12.8 Å². The number of carbonyl (C=O) groups excluding carboxylic acids is 2. The monoisotopic (exact) mass is 257 g/mol. The van der Waals surface area contributed by atoms with Crippen LogP contribution in [0.4, 0.5) is 4.79 Å². The first kappa shape index (κ1) is 15.0. The Kier molecular flexibility index (Phi) is 6.72. The van der Waals surface area contributed by atoms with E-state index < -0.39 is 6.10 Å². The summed E-state index contributed by atoms with van der Waals surface area (Å²) in [7, 11) is 0. The van der Waals surface area contributed by atoms with Crippen LogP contribution in [0.15, 0.2) is 0 Å². The van der Waals surface area contributed by atoms with Crippen molar-refractivity contribution in [2.45, 2.75) is 45.6 Å². The number of nitrogens with zero attached hydrogens (tertiary/aromatic N) is 1. The molecule has 104 valence electrons. The smallest absolute Gasteiger partial charge is 0.410 e. The summed E-state index contributed by atoms with van der Waals surface area (Å²) in [5.74, 6) is 0.0287. The number of hydrogen-bond donors (Lipinski definition) is 0. The zero-order chi connectivity index (χ0) is 13.4. The highest BCUT2D eigenvalue weighted by Gasteiger charge is 2.25. The van der Waals surface area contributed by atoms with E-state index in [0.29, 0.717) is 39.1 Å². The Labute approximate surface area is 108 Å². The molecule has 1 heterocycles. The van der Waals surface area contributed by atoms with E-state index in [1.165, 1.54) is 0 Å². The topological polar surface area (TPSA) is 55.8 Å². The second-order valence-electron chi connectivity index (χ2n) is 4.48. The summed E-state index contributed by atoms with van der Waals surface area (Å²) in [6.07, 6.45) is 1.73. The molecule has 0 radical (unpaired) electrons. The van der Waals surface area contributed by atoms with Crippen molar-refractivity contribution < 1.29 is 19.1 Å². The van der Waals surface area contributed by atoms with E-state index in [1.807, 2.05) is 13.8 Å². The van der Waals surface area contributed by atoms with Crippen molar-refractivity contribution in [2.24, 2.45) is 0 Å². The van der Waals surface area contributed by atoms with Gasteiger partial charge < -0.3 is 14.4 Å². The molecule has 1 saturated heterocycles. The molecule has 0 aromatic heterocycles. The molecule has 1 atom stereocenters. The van der Waals surface area contributed by atoms with E-state index in [-0.39, 0.29) is 11.9 Å². The molecule has 5 heteroatoms. The van der Waals surface area contributed by atoms with Gasteiger partial charge in [0, 0.05) is 19.5 Å². The first-order valence-corrected chi connectivity index (χ1v) is 6.75. The van der Waals surface area contributed by atoms with Crippen LogP contribution in [0.5, 0.6) is 0 Å². The fraction of sp³-hybridized carbons (Fsp3) is 0.846. The highest BCUT2D eigenvalue weighted by molar-refractivity contribution is 5.85. The maximum Gasteiger partial charge on any atom is 0.410 e. The number of amides is 1. The molecule has 1 aliphatic rings. The minimum Gasteiger partial charge on any atom is -0.438 e. The molecule has 18 heavy (non-hydrogen) atoms. The Morgan fingerprint density at radius 1 is 1.22 bits per heavy atom. The highest BCUT2D eigenvalue weighted by Crippen LogP contribution is 2.10. The average Bonchev–Trinajstić information content (AvgIpc) is 2.39. The van der Waals surface area contributed by atoms with Gasteiger partial charge >= 0.3 is 6.09 Å². The van der Waals surface area contributed by atoms with Gasteiger partial charge in [-0.1, -0.05) is 20.3 Å². The average molecular weight is 257 g/mol. The van der Waals surface area contributed by atoms with E-state index in [2.05, 4.69) is 0 Å². The van der Waals surface area contributed by atoms with E-state index in [9.17, 15) is 9.59 Å². The Balaban J connectivity index is 2.48. The summed E-state index contributed by atoms with van der Waals surface area (Å²) >= 11 is 0. The SMILES string of the molecule is CCCC(=O)C(CCC)OC(=O)N1CCOCC1. The van der Waals surface area contributed by atoms with Crippen molar-refractivity contribution in [1.82, 2.24) is 4.90 Å². The number of Topliss-reactive ketones (excluding diaryl/α,β-unsaturated/α-hetero) is 1. The molecule has 1 fully saturated rings. The first-order chi connectivity index (χ1) is 8.69. The van der Waals surface area contributed by atoms with Crippen LogP contribution in [0.3, 0.4) is 0 Å². The summed E-state index contributed by atoms with van der Waals surface area (Å²) in [6.45, 7) is 6.09. The van der Waals surface area contributed by atoms with E-state index >= 15 is 0 Å². The highest BCUT2D eigenvalue weighted by atomic mass is 16.6. The Bertz CT molecular complexity index is 274. The molecule has 0 aliphatic carbocycles. The zero-order valence-electron chi connectivity index (χ0n) is 11.3. The van der Waals surface area contributed by atoms with E-state index in [4.69, 9.17) is 9.47 Å². The van der Waals surface area contributed by atoms with Gasteiger partial charge in [0.1, 0.15) is 0 Å². The van der Waals surface area contributed by atoms with Crippen molar-refractivity contribution in [3.63, 3.8) is 0 Å². The molecule has 1 rings (SSSR count). The second-order valence-corrected chi connectivity index (χ2v) is 4.48. The number of carbonyl (C=O) groups is 2. The lowest BCUT2D eigenvalue weighted by Gasteiger charge is -2.28. The van der Waals surface area contributed by atoms with Gasteiger partial charge in [-0.3, -0.25) is 4.79 Å². The van der Waals surface area contributed by atoms with Gasteiger partial charge in [0.05, 0.1) is 13.2 Å². The lowest BCUT2D eigenvalue weighted by atomic mass is 10.1. The first-order valence-electron chi connectivity index (χ1n) is 6.75. The molecule has 0 N–H and O–H groups in total. The van der Waals surface area contributed by atoms with Crippen LogP contribution in [0.25, 0.3) is 0 Å². The van der Waals surface area contributed by atoms with Crippen LogP contribution in [0.2, 0.25) is 0 Å². The summed E-state index contributed by atoms with van der Waals surface area (Å²) in [4.78, 5) is 25.3. The third-order valence-corrected chi connectivity index (χ3v) is 2.92. The van der Waals surface area contributed by atoms with Crippen molar-refractivity contribution in [1.29, 1.82) is 0 Å². The van der Waals surface area contributed by atoms with Crippen LogP contribution < -0.4 is 0 Å². The molecule has 0 saturated carbocycles. The van der Waals surface area contributed by atoms with Crippen molar-refractivity contribution in [2.75, 3.05) is 26.3 Å². The number of rotatable bonds is 6. The van der Waals surface area contributed by atoms with Gasteiger partial charge in [-0.25, -0.2) is 4.79 Å². The number of ether oxygens (including phenoxy) is 2. The van der Waals surface area contributed by atoms with Crippen molar-refractivity contribution in [3.05, 3.63) is 0 Å². The lowest BCUT2D eigenvalue weighted by molar-refractivity contribution is -0.128. The molecule has 1 amide bonds. The van der Waals surface area contributed by atoms with Gasteiger partial charge in [0.25, 0.3) is 0 Å². The molecule has 5 nitrogen and oxygen atoms in total. The zero-order valence-corrected chi connectivity index (χ0v) is 11.3. The van der Waals surface area contributed by atoms with Crippen LogP contribution >= 0.6 is 0 Å². The lowest BCUT2D eigenvalue weighted by Crippen LogP contribution is -2.43. The van der Waals surface area contributed by atoms with Crippen LogP contribution in [-0.2, 0) is 14.3 Å². The fourth-order valence-electron chi connectivity index (χ4n) is 1.90. The van der Waals surface area contributed by atoms with Crippen LogP contribution in [0.1, 0.15) is 39.5 Å². The van der Waals surface area contributed by atoms with Gasteiger partial charge in [-0.2, -0.15) is 0 Å². The predicted octanol–water partition coefficient (Wildman–Crippen LogP) is 1.99. The second kappa shape index (κ2) is 8.08. The largest absolute Gasteiger partial charge is 0.438 e. The third-order valence-electron chi connectivity index (χ3n) is 2.92. The third kappa shape index (κ3) is 4.64. The van der Waals surface area contributed by atoms with Crippen LogP contribution in [-0.4, -0.2) is 49.2 Å². The van der Waals surface area contributed by atoms with Gasteiger partial charge in [0.2, 0.25) is 0 Å². The molecular formula is C13H23NO4. The molecule has 0 aromatic carbocycles. The number of hydrogen-bond acceptors (Lipinski definition) is 4. The Hall–Kier alpha value is -1.10. The minimum atomic E-state index is -0.578. The Morgan fingerprint density at radius 3 is 2.44 bits per heavy atom. The minimum absolute atomic E-state index is 0.0287. The quantitative estimate of drug-likeness (QED) is 0.730. The summed E-state index contributed by atoms with van der Waals surface area (Å²) in [5, 5.41) is 0. The molecule has 1 aliphatic heterocycles.